The van der Waals surface area contributed by atoms with Gasteiger partial charge in [0.25, 0.3) is 1.83 Å². The first-order valence-corrected chi connectivity index (χ1v) is 8.07. The van der Waals surface area contributed by atoms with Crippen molar-refractivity contribution >= 4 is 116 Å². The molecule has 0 rings (SSSR count). The van der Waals surface area contributed by atoms with Crippen LogP contribution in [0.4, 0.5) is 13.2 Å². The first-order chi connectivity index (χ1) is 5.37. The third-order valence-corrected chi connectivity index (χ3v) is 3.66. The monoisotopic (exact) mass is 725 g/mol. The zero-order valence-corrected chi connectivity index (χ0v) is 16.6. The molecule has 0 radical (unpaired) electrons. The summed E-state index contributed by atoms with van der Waals surface area (Å²) in [5.74, 6) is 0. The fourth-order valence-corrected chi connectivity index (χ4v) is 7.52. The van der Waals surface area contributed by atoms with E-state index in [-0.39, 0.29) is 0 Å². The molecule has 0 aromatic heterocycles. The van der Waals surface area contributed by atoms with Crippen LogP contribution in [0, 0.1) is 0 Å². The summed E-state index contributed by atoms with van der Waals surface area (Å²) in [4.78, 5) is -0.644. The normalized spacial score (nSPS) is 17.3. The second kappa shape index (κ2) is 5.35. The highest BCUT2D eigenvalue weighted by Crippen LogP contribution is 2.38. The zero-order chi connectivity index (χ0) is 11.1. The van der Waals surface area contributed by atoms with Crippen LogP contribution in [0.1, 0.15) is 0 Å². The van der Waals surface area contributed by atoms with Gasteiger partial charge in [-0.1, -0.05) is 0 Å². The number of rotatable bonds is 1. The Kier molecular flexibility index (Phi) is 6.74. The fraction of sp³-hybridized carbons (Fsp3) is 1.00. The van der Waals surface area contributed by atoms with Crippen molar-refractivity contribution in [3.05, 3.63) is 0 Å². The highest BCUT2D eigenvalue weighted by molar-refractivity contribution is 14.3. The molecular formula is C3HBr3F3I3N+. The van der Waals surface area contributed by atoms with Gasteiger partial charge in [0.15, 0.2) is 0 Å². The van der Waals surface area contributed by atoms with Crippen LogP contribution in [-0.4, -0.2) is 8.13 Å². The number of halogens is 9. The summed E-state index contributed by atoms with van der Waals surface area (Å²) >= 11 is 13.8. The highest BCUT2D eigenvalue weighted by Gasteiger charge is 2.60. The highest BCUT2D eigenvalue weighted by atomic mass is 127. The van der Waals surface area contributed by atoms with Crippen LogP contribution in [0.15, 0.2) is 0 Å². The molecule has 0 amide bonds. The molecule has 1 unspecified atom stereocenters. The van der Waals surface area contributed by atoms with Crippen LogP contribution in [0.3, 0.4) is 0 Å². The van der Waals surface area contributed by atoms with Gasteiger partial charge < -0.3 is 0 Å². The minimum atomic E-state index is -4.36. The van der Waals surface area contributed by atoms with E-state index >= 15 is 0 Å². The Hall–Kier alpha value is 3.38. The predicted octanol–water partition coefficient (Wildman–Crippen LogP) is 4.10. The summed E-state index contributed by atoms with van der Waals surface area (Å²) in [6, 6.07) is 0. The molecule has 80 valence electrons. The molecule has 0 aromatic rings. The van der Waals surface area contributed by atoms with E-state index in [0.29, 0.717) is 0 Å². The lowest BCUT2D eigenvalue weighted by Gasteiger charge is -2.34. The van der Waals surface area contributed by atoms with Crippen molar-refractivity contribution < 1.29 is 18.1 Å². The molecular weight excluding hydrogens is 727 g/mol. The average molecular weight is 728 g/mol. The van der Waals surface area contributed by atoms with Gasteiger partial charge in [0, 0.05) is 116 Å². The molecule has 0 saturated carbocycles. The number of hydrogen-bond donors (Lipinski definition) is 1. The number of quaternary nitrogens is 1. The van der Waals surface area contributed by atoms with E-state index in [2.05, 4.69) is 47.8 Å². The lowest BCUT2D eigenvalue weighted by Crippen LogP contribution is -3.26. The van der Waals surface area contributed by atoms with Gasteiger partial charge in [-0.3, -0.25) is 0 Å². The van der Waals surface area contributed by atoms with Crippen LogP contribution in [-0.2, 0) is 0 Å². The fourth-order valence-electron chi connectivity index (χ4n) is 0.482. The Morgan fingerprint density at radius 2 is 1.23 bits per heavy atom. The van der Waals surface area contributed by atoms with Gasteiger partial charge in [-0.05, 0) is 0 Å². The Morgan fingerprint density at radius 1 is 0.923 bits per heavy atom. The van der Waals surface area contributed by atoms with E-state index in [1.165, 1.54) is 0 Å². The zero-order valence-electron chi connectivity index (χ0n) is 5.40. The summed E-state index contributed by atoms with van der Waals surface area (Å²) in [6.45, 7) is 0. The lowest BCUT2D eigenvalue weighted by molar-refractivity contribution is -1.00. The molecule has 1 N–H and O–H groups in total. The Labute approximate surface area is 139 Å². The minimum Gasteiger partial charge on any atom is -0.181 e. The molecule has 0 spiro atoms. The maximum absolute atomic E-state index is 12.6. The van der Waals surface area contributed by atoms with Crippen LogP contribution >= 0.6 is 116 Å². The molecule has 13 heavy (non-hydrogen) atoms. The topological polar surface area (TPSA) is 4.44 Å². The number of hydrogen-bond acceptors (Lipinski definition) is 0. The van der Waals surface area contributed by atoms with Crippen molar-refractivity contribution in [2.24, 2.45) is 0 Å². The average Bonchev–Trinajstić information content (AvgIpc) is 1.44. The molecule has 0 heterocycles. The molecule has 0 aromatic carbocycles. The summed E-state index contributed by atoms with van der Waals surface area (Å²) in [6.07, 6.45) is -4.36. The van der Waals surface area contributed by atoms with Crippen LogP contribution in [0.25, 0.3) is 0 Å². The molecule has 0 saturated heterocycles. The standard InChI is InChI=1S/C3Br3F3I3N/c4-1(5,6)13(2(7,8)9)3(10,11)12/p+1. The SMILES string of the molecule is FC(F)(F)[NH+](C(Br)(Br)Br)C(I)(I)I. The van der Waals surface area contributed by atoms with Crippen LogP contribution in [0.5, 0.6) is 0 Å². The van der Waals surface area contributed by atoms with Gasteiger partial charge in [-0.15, -0.1) is 13.2 Å². The van der Waals surface area contributed by atoms with Crippen molar-refractivity contribution in [3.63, 3.8) is 0 Å². The first kappa shape index (κ1) is 16.4. The first-order valence-electron chi connectivity index (χ1n) is 2.45. The maximum Gasteiger partial charge on any atom is 0.564 e. The van der Waals surface area contributed by atoms with E-state index < -0.39 is 13.0 Å². The number of nitrogens with one attached hydrogen (secondary N) is 1. The largest absolute Gasteiger partial charge is 0.564 e. The van der Waals surface area contributed by atoms with Gasteiger partial charge >= 0.3 is 6.30 Å². The maximum atomic E-state index is 12.6. The van der Waals surface area contributed by atoms with Gasteiger partial charge in [0.05, 0.1) is 0 Å². The molecule has 0 bridgehead atoms. The molecule has 0 aliphatic rings. The molecule has 1 atom stereocenters. The lowest BCUT2D eigenvalue weighted by atomic mass is 10.9. The third kappa shape index (κ3) is 6.02. The van der Waals surface area contributed by atoms with Gasteiger partial charge in [0.2, 0.25) is 0 Å². The van der Waals surface area contributed by atoms with Crippen LogP contribution in [0.2, 0.25) is 0 Å². The Bertz CT molecular complexity index is 152. The predicted molar refractivity (Wildman–Crippen MR) is 81.3 cm³/mol. The van der Waals surface area contributed by atoms with Gasteiger partial charge in [-0.2, -0.15) is 4.90 Å². The van der Waals surface area contributed by atoms with E-state index in [1.54, 1.807) is 67.8 Å². The van der Waals surface area contributed by atoms with E-state index in [1.807, 2.05) is 0 Å². The van der Waals surface area contributed by atoms with E-state index in [0.717, 1.165) is 0 Å². The van der Waals surface area contributed by atoms with E-state index in [4.69, 9.17) is 0 Å². The van der Waals surface area contributed by atoms with Crippen molar-refractivity contribution in [2.45, 2.75) is 8.13 Å². The summed E-state index contributed by atoms with van der Waals surface area (Å²) in [5, 5.41) is 0. The number of alkyl halides is 9. The molecule has 10 heteroatoms. The van der Waals surface area contributed by atoms with E-state index in [9.17, 15) is 13.2 Å². The van der Waals surface area contributed by atoms with Crippen molar-refractivity contribution in [1.82, 2.24) is 0 Å². The minimum absolute atomic E-state index is 0.644. The second-order valence-corrected chi connectivity index (χ2v) is 19.7. The quantitative estimate of drug-likeness (QED) is 0.236. The van der Waals surface area contributed by atoms with Crippen molar-refractivity contribution in [1.29, 1.82) is 0 Å². The summed E-state index contributed by atoms with van der Waals surface area (Å²) in [7, 11) is 0. The second-order valence-electron chi connectivity index (χ2n) is 1.87. The van der Waals surface area contributed by atoms with Gasteiger partial charge in [-0.25, -0.2) is 0 Å². The molecule has 0 fully saturated rings. The molecule has 1 nitrogen and oxygen atoms in total. The Balaban J connectivity index is 5.02. The van der Waals surface area contributed by atoms with Crippen molar-refractivity contribution in [3.8, 4) is 0 Å². The Morgan fingerprint density at radius 3 is 1.23 bits per heavy atom. The van der Waals surface area contributed by atoms with Crippen LogP contribution < -0.4 is 4.90 Å². The molecule has 0 aliphatic carbocycles. The third-order valence-electron chi connectivity index (χ3n) is 0.850. The summed E-state index contributed by atoms with van der Waals surface area (Å²) < 4.78 is 35.3. The smallest absolute Gasteiger partial charge is 0.181 e. The summed E-state index contributed by atoms with van der Waals surface area (Å²) in [5.41, 5.74) is 0. The van der Waals surface area contributed by atoms with Crippen molar-refractivity contribution in [2.75, 3.05) is 0 Å². The molecule has 0 aliphatic heterocycles. The van der Waals surface area contributed by atoms with Gasteiger partial charge in [0.1, 0.15) is 0 Å².